The van der Waals surface area contributed by atoms with Crippen LogP contribution in [0.2, 0.25) is 0 Å². The highest BCUT2D eigenvalue weighted by atomic mass is 16.1. The Bertz CT molecular complexity index is 1090. The summed E-state index contributed by atoms with van der Waals surface area (Å²) >= 11 is 0. The molecule has 46 heavy (non-hydrogen) atoms. The molecule has 4 rings (SSSR count). The molecule has 0 aliphatic heterocycles. The first-order valence-electron chi connectivity index (χ1n) is 17.5. The summed E-state index contributed by atoms with van der Waals surface area (Å²) in [6.45, 7) is 17.9. The van der Waals surface area contributed by atoms with Gasteiger partial charge in [-0.15, -0.1) is 0 Å². The minimum atomic E-state index is 0.125. The van der Waals surface area contributed by atoms with Crippen LogP contribution in [0.1, 0.15) is 115 Å². The fraction of sp³-hybridized carbons (Fsp3) is 0.400. The van der Waals surface area contributed by atoms with Crippen molar-refractivity contribution in [2.45, 2.75) is 120 Å². The van der Waals surface area contributed by atoms with E-state index in [1.165, 1.54) is 80.0 Å². The number of aryl methyl sites for hydroxylation is 4. The van der Waals surface area contributed by atoms with Crippen molar-refractivity contribution in [3.05, 3.63) is 155 Å². The minimum Gasteiger partial charge on any atom is -0.295 e. The van der Waals surface area contributed by atoms with Crippen LogP contribution in [0.3, 0.4) is 0 Å². The van der Waals surface area contributed by atoms with E-state index in [0.29, 0.717) is 0 Å². The molecule has 0 spiro atoms. The number of hydrogen-bond donors (Lipinski definition) is 0. The van der Waals surface area contributed by atoms with Gasteiger partial charge >= 0.3 is 0 Å². The van der Waals surface area contributed by atoms with Crippen LogP contribution in [0.25, 0.3) is 0 Å². The Hall–Kier alpha value is -3.71. The summed E-state index contributed by atoms with van der Waals surface area (Å²) in [5.41, 5.74) is 6.52. The Morgan fingerprint density at radius 3 is 1.02 bits per heavy atom. The largest absolute Gasteiger partial charge is 0.295 e. The molecule has 0 N–H and O–H groups in total. The van der Waals surface area contributed by atoms with Gasteiger partial charge in [-0.05, 0) is 66.0 Å². The first-order valence-corrected chi connectivity index (χ1v) is 17.5. The number of rotatable bonds is 10. The molecule has 0 amide bonds. The van der Waals surface area contributed by atoms with Gasteiger partial charge in [-0.1, -0.05) is 209 Å². The molecule has 0 aromatic heterocycles. The molecule has 0 aliphatic carbocycles. The fourth-order valence-electron chi connectivity index (χ4n) is 4.12. The first-order chi connectivity index (χ1) is 22.2. The lowest BCUT2D eigenvalue weighted by molar-refractivity contribution is -0.112. The van der Waals surface area contributed by atoms with Crippen molar-refractivity contribution in [3.8, 4) is 0 Å². The summed E-state index contributed by atoms with van der Waals surface area (Å²) in [5, 5.41) is 0. The number of unbranched alkanes of at least 4 members (excludes halogenated alkanes) is 7. The highest BCUT2D eigenvalue weighted by Gasteiger charge is 1.93. The predicted molar refractivity (Wildman–Crippen MR) is 208 cm³/mol. The summed E-state index contributed by atoms with van der Waals surface area (Å²) in [4.78, 5) is 10.2. The van der Waals surface area contributed by atoms with E-state index in [-0.39, 0.29) is 5.78 Å². The smallest absolute Gasteiger partial charge is 0.152 e. The standard InChI is InChI=1S/C16H26.3C7H8.C6H10O.C2H6/c1-2-3-4-5-6-7-8-10-13-16-14-11-9-12-15-16;3*1-7-5-3-2-4-6-7;1-5(2)4-6(3)7;1-2/h9,11-12,14-15H,2-8,10,13H2,1H3;3*2-6H,1H3;4H,1-3H3;1-2H3. The normalized spacial score (nSPS) is 8.98. The maximum Gasteiger partial charge on any atom is 0.152 e. The van der Waals surface area contributed by atoms with Crippen LogP contribution in [-0.4, -0.2) is 5.78 Å². The van der Waals surface area contributed by atoms with Gasteiger partial charge in [0.15, 0.2) is 5.78 Å². The molecule has 0 atom stereocenters. The fourth-order valence-corrected chi connectivity index (χ4v) is 4.12. The van der Waals surface area contributed by atoms with Crippen molar-refractivity contribution in [2.75, 3.05) is 0 Å². The van der Waals surface area contributed by atoms with Crippen molar-refractivity contribution in [3.63, 3.8) is 0 Å². The number of hydrogen-bond acceptors (Lipinski definition) is 1. The molecule has 0 bridgehead atoms. The number of benzene rings is 4. The molecule has 0 unspecified atom stereocenters. The second kappa shape index (κ2) is 34.2. The average molecular weight is 623 g/mol. The zero-order valence-electron chi connectivity index (χ0n) is 30.9. The van der Waals surface area contributed by atoms with Crippen LogP contribution in [0.4, 0.5) is 0 Å². The summed E-state index contributed by atoms with van der Waals surface area (Å²) < 4.78 is 0. The maximum absolute atomic E-state index is 10.2. The highest BCUT2D eigenvalue weighted by molar-refractivity contribution is 5.87. The Labute approximate surface area is 285 Å². The average Bonchev–Trinajstić information content (AvgIpc) is 3.05. The van der Waals surface area contributed by atoms with E-state index in [1.54, 1.807) is 13.0 Å². The molecule has 1 nitrogen and oxygen atoms in total. The van der Waals surface area contributed by atoms with E-state index in [4.69, 9.17) is 0 Å². The molecule has 4 aromatic rings. The van der Waals surface area contributed by atoms with Crippen LogP contribution in [0, 0.1) is 20.8 Å². The van der Waals surface area contributed by atoms with E-state index in [1.807, 2.05) is 82.3 Å². The van der Waals surface area contributed by atoms with Crippen LogP contribution in [-0.2, 0) is 11.2 Å². The Kier molecular flexibility index (Phi) is 33.0. The highest BCUT2D eigenvalue weighted by Crippen LogP contribution is 2.11. The van der Waals surface area contributed by atoms with Gasteiger partial charge in [-0.25, -0.2) is 0 Å². The van der Waals surface area contributed by atoms with Crippen molar-refractivity contribution < 1.29 is 4.79 Å². The molecule has 0 aliphatic rings. The van der Waals surface area contributed by atoms with Crippen molar-refractivity contribution >= 4 is 5.78 Å². The van der Waals surface area contributed by atoms with Gasteiger partial charge in [-0.3, -0.25) is 4.79 Å². The lowest BCUT2D eigenvalue weighted by atomic mass is 10.0. The third kappa shape index (κ3) is 34.8. The van der Waals surface area contributed by atoms with Crippen LogP contribution in [0.5, 0.6) is 0 Å². The number of carbonyl (C=O) groups is 1. The third-order valence-corrected chi connectivity index (χ3v) is 6.48. The molecule has 0 fully saturated rings. The monoisotopic (exact) mass is 623 g/mol. The summed E-state index contributed by atoms with van der Waals surface area (Å²) in [6, 6.07) is 41.6. The summed E-state index contributed by atoms with van der Waals surface area (Å²) in [5.74, 6) is 0.125. The maximum atomic E-state index is 10.2. The van der Waals surface area contributed by atoms with Crippen LogP contribution >= 0.6 is 0 Å². The second-order valence-corrected chi connectivity index (χ2v) is 11.5. The van der Waals surface area contributed by atoms with Gasteiger partial charge in [0.05, 0.1) is 0 Å². The molecule has 0 radical (unpaired) electrons. The van der Waals surface area contributed by atoms with E-state index in [9.17, 15) is 4.79 Å². The predicted octanol–water partition coefficient (Wildman–Crippen LogP) is 13.9. The lowest BCUT2D eigenvalue weighted by Crippen LogP contribution is -1.85. The van der Waals surface area contributed by atoms with Crippen molar-refractivity contribution in [1.82, 2.24) is 0 Å². The van der Waals surface area contributed by atoms with Crippen LogP contribution in [0.15, 0.2) is 133 Å². The van der Waals surface area contributed by atoms with Crippen LogP contribution < -0.4 is 0 Å². The molecule has 4 aromatic carbocycles. The summed E-state index contributed by atoms with van der Waals surface area (Å²) in [6.07, 6.45) is 14.2. The lowest BCUT2D eigenvalue weighted by Gasteiger charge is -2.02. The molecule has 0 saturated heterocycles. The van der Waals surface area contributed by atoms with E-state index in [2.05, 4.69) is 94.4 Å². The number of allylic oxidation sites excluding steroid dienone is 2. The van der Waals surface area contributed by atoms with E-state index >= 15 is 0 Å². The van der Waals surface area contributed by atoms with Gasteiger partial charge in [0.1, 0.15) is 0 Å². The Morgan fingerprint density at radius 1 is 0.478 bits per heavy atom. The van der Waals surface area contributed by atoms with E-state index < -0.39 is 0 Å². The Balaban J connectivity index is 0. The molecule has 252 valence electrons. The Morgan fingerprint density at radius 2 is 0.783 bits per heavy atom. The molecular weight excluding hydrogens is 556 g/mol. The summed E-state index contributed by atoms with van der Waals surface area (Å²) in [7, 11) is 0. The van der Waals surface area contributed by atoms with Gasteiger partial charge in [-0.2, -0.15) is 0 Å². The van der Waals surface area contributed by atoms with Gasteiger partial charge in [0, 0.05) is 0 Å². The number of ketones is 1. The topological polar surface area (TPSA) is 17.1 Å². The molecule has 0 saturated carbocycles. The quantitative estimate of drug-likeness (QED) is 0.127. The van der Waals surface area contributed by atoms with Crippen molar-refractivity contribution in [2.24, 2.45) is 0 Å². The molecule has 1 heteroatoms. The number of carbonyl (C=O) groups excluding carboxylic acids is 1. The van der Waals surface area contributed by atoms with Crippen molar-refractivity contribution in [1.29, 1.82) is 0 Å². The van der Waals surface area contributed by atoms with E-state index in [0.717, 1.165) is 5.57 Å². The molecular formula is C45H66O. The van der Waals surface area contributed by atoms with Gasteiger partial charge < -0.3 is 0 Å². The second-order valence-electron chi connectivity index (χ2n) is 11.5. The zero-order chi connectivity index (χ0) is 34.7. The van der Waals surface area contributed by atoms with Gasteiger partial charge in [0.2, 0.25) is 0 Å². The molecule has 0 heterocycles. The first kappa shape index (κ1) is 44.4. The zero-order valence-corrected chi connectivity index (χ0v) is 30.9. The minimum absolute atomic E-state index is 0.125. The van der Waals surface area contributed by atoms with Gasteiger partial charge in [0.25, 0.3) is 0 Å². The SMILES string of the molecule is CC.CC(=O)C=C(C)C.CCCCCCCCCCc1ccccc1.Cc1ccccc1.Cc1ccccc1.Cc1ccccc1. The third-order valence-electron chi connectivity index (χ3n) is 6.48.